The van der Waals surface area contributed by atoms with Crippen molar-refractivity contribution in [3.05, 3.63) is 65.6 Å². The van der Waals surface area contributed by atoms with Crippen LogP contribution in [-0.2, 0) is 11.2 Å². The number of fused-ring (bicyclic) bond motifs is 1. The highest BCUT2D eigenvalue weighted by Crippen LogP contribution is 2.38. The van der Waals surface area contributed by atoms with Crippen LogP contribution in [0.15, 0.2) is 48.8 Å². The number of ether oxygens (including phenoxy) is 1. The number of carbonyl (C=O) groups is 1. The Balaban J connectivity index is 1.27. The van der Waals surface area contributed by atoms with Crippen LogP contribution >= 0.6 is 0 Å². The fraction of sp³-hybridized carbons (Fsp3) is 0.385. The zero-order chi connectivity index (χ0) is 25.5. The predicted molar refractivity (Wildman–Crippen MR) is 127 cm³/mol. The summed E-state index contributed by atoms with van der Waals surface area (Å²) in [6, 6.07) is 9.36. The van der Waals surface area contributed by atoms with Gasteiger partial charge in [-0.3, -0.25) is 4.79 Å². The molecule has 7 nitrogen and oxygen atoms in total. The number of aryl methyl sites for hydroxylation is 2. The molecule has 2 atom stereocenters. The highest BCUT2D eigenvalue weighted by molar-refractivity contribution is 5.84. The van der Waals surface area contributed by atoms with Gasteiger partial charge in [0.1, 0.15) is 11.6 Å². The molecular weight excluding hydrogens is 471 g/mol. The first-order chi connectivity index (χ1) is 17.1. The van der Waals surface area contributed by atoms with Gasteiger partial charge in [-0.25, -0.2) is 15.0 Å². The molecule has 1 saturated heterocycles. The van der Waals surface area contributed by atoms with Crippen LogP contribution in [0.5, 0.6) is 5.75 Å². The molecule has 3 aromatic rings. The lowest BCUT2D eigenvalue weighted by molar-refractivity contribution is -0.274. The van der Waals surface area contributed by atoms with Crippen molar-refractivity contribution in [2.45, 2.75) is 50.9 Å². The van der Waals surface area contributed by atoms with E-state index in [2.05, 4.69) is 26.1 Å². The lowest BCUT2D eigenvalue weighted by Gasteiger charge is -2.36. The summed E-state index contributed by atoms with van der Waals surface area (Å²) in [5.74, 6) is 0.645. The number of aromatic nitrogens is 3. The summed E-state index contributed by atoms with van der Waals surface area (Å²) in [4.78, 5) is 28.6. The van der Waals surface area contributed by atoms with E-state index in [0.29, 0.717) is 24.5 Å². The largest absolute Gasteiger partial charge is 0.573 e. The van der Waals surface area contributed by atoms with Crippen molar-refractivity contribution in [3.63, 3.8) is 0 Å². The molecule has 188 valence electrons. The van der Waals surface area contributed by atoms with Crippen LogP contribution < -0.4 is 10.1 Å². The number of hydrogen-bond acceptors (Lipinski definition) is 6. The molecule has 5 rings (SSSR count). The number of rotatable bonds is 4. The van der Waals surface area contributed by atoms with Gasteiger partial charge in [-0.2, -0.15) is 0 Å². The Hall–Kier alpha value is -3.69. The number of halogens is 3. The van der Waals surface area contributed by atoms with Gasteiger partial charge in [-0.1, -0.05) is 12.1 Å². The smallest absolute Gasteiger partial charge is 0.406 e. The van der Waals surface area contributed by atoms with E-state index in [9.17, 15) is 18.0 Å². The molecule has 36 heavy (non-hydrogen) atoms. The maximum absolute atomic E-state index is 13.2. The van der Waals surface area contributed by atoms with Crippen LogP contribution in [0, 0.1) is 6.92 Å². The Kier molecular flexibility index (Phi) is 6.05. The molecule has 0 unspecified atom stereocenters. The van der Waals surface area contributed by atoms with Gasteiger partial charge in [0.2, 0.25) is 5.91 Å². The number of carbonyl (C=O) groups excluding carboxylic acids is 1. The minimum Gasteiger partial charge on any atom is -0.406 e. The van der Waals surface area contributed by atoms with Crippen LogP contribution in [-0.4, -0.2) is 50.7 Å². The van der Waals surface area contributed by atoms with Gasteiger partial charge >= 0.3 is 6.36 Å². The molecule has 1 aromatic carbocycles. The van der Waals surface area contributed by atoms with Gasteiger partial charge in [-0.15, -0.1) is 13.2 Å². The van der Waals surface area contributed by atoms with Crippen LogP contribution in [0.3, 0.4) is 0 Å². The van der Waals surface area contributed by atoms with Crippen molar-refractivity contribution >= 4 is 11.7 Å². The first kappa shape index (κ1) is 24.0. The highest BCUT2D eigenvalue weighted by atomic mass is 19.4. The van der Waals surface area contributed by atoms with Crippen molar-refractivity contribution in [1.29, 1.82) is 0 Å². The average Bonchev–Trinajstić information content (AvgIpc) is 3.26. The molecule has 0 saturated carbocycles. The molecular formula is C26H26F3N5O2. The normalized spacial score (nSPS) is 20.1. The Morgan fingerprint density at radius 3 is 2.58 bits per heavy atom. The Bertz CT molecular complexity index is 1270. The van der Waals surface area contributed by atoms with Crippen LogP contribution in [0.1, 0.15) is 42.5 Å². The van der Waals surface area contributed by atoms with Gasteiger partial charge < -0.3 is 15.0 Å². The van der Waals surface area contributed by atoms with E-state index in [1.807, 2.05) is 11.8 Å². The molecule has 2 aliphatic rings. The molecule has 0 aliphatic carbocycles. The van der Waals surface area contributed by atoms with Gasteiger partial charge in [0.05, 0.1) is 17.2 Å². The van der Waals surface area contributed by atoms with Crippen molar-refractivity contribution in [1.82, 2.24) is 19.9 Å². The third kappa shape index (κ3) is 4.84. The number of hydrogen-bond donors (Lipinski definition) is 1. The predicted octanol–water partition coefficient (Wildman–Crippen LogP) is 4.88. The molecule has 2 aliphatic heterocycles. The van der Waals surface area contributed by atoms with Crippen molar-refractivity contribution < 1.29 is 22.7 Å². The maximum atomic E-state index is 13.2. The number of pyridine rings is 1. The van der Waals surface area contributed by atoms with E-state index in [4.69, 9.17) is 4.98 Å². The zero-order valence-corrected chi connectivity index (χ0v) is 20.0. The van der Waals surface area contributed by atoms with E-state index < -0.39 is 12.3 Å². The summed E-state index contributed by atoms with van der Waals surface area (Å²) in [5, 5.41) is 3.62. The Morgan fingerprint density at radius 2 is 1.89 bits per heavy atom. The molecule has 0 radical (unpaired) electrons. The summed E-state index contributed by atoms with van der Waals surface area (Å²) >= 11 is 0. The number of alkyl halides is 3. The minimum atomic E-state index is -4.75. The minimum absolute atomic E-state index is 0.0512. The van der Waals surface area contributed by atoms with E-state index >= 15 is 0 Å². The summed E-state index contributed by atoms with van der Waals surface area (Å²) < 4.78 is 41.2. The zero-order valence-electron chi connectivity index (χ0n) is 20.0. The van der Waals surface area contributed by atoms with Crippen molar-refractivity contribution in [2.75, 3.05) is 18.4 Å². The van der Waals surface area contributed by atoms with Crippen LogP contribution in [0.2, 0.25) is 0 Å². The Morgan fingerprint density at radius 1 is 1.17 bits per heavy atom. The average molecular weight is 498 g/mol. The number of nitrogens with zero attached hydrogens (tertiary/aromatic N) is 4. The maximum Gasteiger partial charge on any atom is 0.573 e. The molecule has 0 bridgehead atoms. The lowest BCUT2D eigenvalue weighted by atomic mass is 9.86. The van der Waals surface area contributed by atoms with Crippen LogP contribution in [0.4, 0.5) is 19.0 Å². The Labute approximate surface area is 206 Å². The number of nitrogens with one attached hydrogen (secondary N) is 1. The third-order valence-corrected chi connectivity index (χ3v) is 7.00. The summed E-state index contributed by atoms with van der Waals surface area (Å²) in [6.07, 6.45) is 1.17. The third-order valence-electron chi connectivity index (χ3n) is 7.00. The summed E-state index contributed by atoms with van der Waals surface area (Å²) in [7, 11) is 0. The highest BCUT2D eigenvalue weighted by Gasteiger charge is 2.43. The molecule has 2 aromatic heterocycles. The first-order valence-corrected chi connectivity index (χ1v) is 11.8. The molecule has 1 spiro atoms. The fourth-order valence-corrected chi connectivity index (χ4v) is 5.04. The summed E-state index contributed by atoms with van der Waals surface area (Å²) in [6.45, 7) is 4.87. The van der Waals surface area contributed by atoms with Crippen molar-refractivity contribution in [2.24, 2.45) is 0 Å². The first-order valence-electron chi connectivity index (χ1n) is 11.8. The number of likely N-dealkylation sites (tertiary alicyclic amines) is 1. The van der Waals surface area contributed by atoms with E-state index in [-0.39, 0.29) is 17.2 Å². The fourth-order valence-electron chi connectivity index (χ4n) is 5.04. The second kappa shape index (κ2) is 9.07. The van der Waals surface area contributed by atoms with E-state index in [1.165, 1.54) is 24.3 Å². The molecule has 1 amide bonds. The second-order valence-corrected chi connectivity index (χ2v) is 9.46. The number of amides is 1. The molecule has 1 fully saturated rings. The van der Waals surface area contributed by atoms with Crippen LogP contribution in [0.25, 0.3) is 11.4 Å². The van der Waals surface area contributed by atoms with E-state index in [0.717, 1.165) is 41.9 Å². The molecule has 1 N–H and O–H groups in total. The summed E-state index contributed by atoms with van der Waals surface area (Å²) in [5.41, 5.74) is 3.24. The van der Waals surface area contributed by atoms with E-state index in [1.54, 1.807) is 25.4 Å². The lowest BCUT2D eigenvalue weighted by Crippen LogP contribution is -2.46. The second-order valence-electron chi connectivity index (χ2n) is 9.46. The topological polar surface area (TPSA) is 80.2 Å². The number of anilines is 1. The quantitative estimate of drug-likeness (QED) is 0.554. The van der Waals surface area contributed by atoms with Gasteiger partial charge in [0.25, 0.3) is 0 Å². The van der Waals surface area contributed by atoms with Crippen molar-refractivity contribution in [3.8, 4) is 17.1 Å². The van der Waals surface area contributed by atoms with Gasteiger partial charge in [0.15, 0.2) is 5.82 Å². The van der Waals surface area contributed by atoms with Gasteiger partial charge in [0, 0.05) is 31.0 Å². The van der Waals surface area contributed by atoms with Gasteiger partial charge in [-0.05, 0) is 68.5 Å². The SMILES string of the molecule is Cc1nc2c(cc1-c1ncccn1)CC[C@@]1(CCN(C(=O)[C@H](C)c3ccc(OC(F)(F)F)cc3)C1)N2. The number of benzene rings is 1. The molecule has 4 heterocycles. The monoisotopic (exact) mass is 497 g/mol. The standard InChI is InChI=1S/C26H26F3N5O2/c1-16(18-4-6-20(7-5-18)36-26(27,28)29)24(35)34-13-10-25(15-34)9-8-19-14-21(17(2)32-22(19)33-25)23-30-11-3-12-31-23/h3-7,11-12,14,16H,8-10,13,15H2,1-2H3,(H,32,33)/t16-,25+/m1/s1. The molecule has 10 heteroatoms.